The monoisotopic (exact) mass is 313 g/mol. The number of hydrogen-bond acceptors (Lipinski definition) is 3. The Hall–Kier alpha value is -2.14. The van der Waals surface area contributed by atoms with Crippen LogP contribution >= 0.6 is 0 Å². The van der Waals surface area contributed by atoms with Crippen LogP contribution in [0.1, 0.15) is 19.4 Å². The number of aliphatic carboxylic acids is 1. The molecule has 4 rings (SSSR count). The van der Waals surface area contributed by atoms with Crippen LogP contribution in [0.5, 0.6) is 0 Å². The number of carbonyl (C=O) groups is 2. The van der Waals surface area contributed by atoms with Crippen LogP contribution in [0.3, 0.4) is 0 Å². The Kier molecular flexibility index (Phi) is 2.66. The lowest BCUT2D eigenvalue weighted by molar-refractivity contribution is -0.161. The summed E-state index contributed by atoms with van der Waals surface area (Å²) in [5.41, 5.74) is -1.96. The maximum atomic E-state index is 13.0. The molecule has 1 spiro atoms. The second-order valence-corrected chi connectivity index (χ2v) is 7.12. The predicted octanol–water partition coefficient (Wildman–Crippen LogP) is 1.83. The van der Waals surface area contributed by atoms with E-state index >= 15 is 0 Å². The molecule has 3 aliphatic rings. The van der Waals surface area contributed by atoms with Crippen molar-refractivity contribution in [2.24, 2.45) is 11.3 Å². The summed E-state index contributed by atoms with van der Waals surface area (Å²) in [6.45, 7) is 4.27. The van der Waals surface area contributed by atoms with E-state index < -0.39 is 28.5 Å². The minimum absolute atomic E-state index is 0.133. The van der Waals surface area contributed by atoms with Crippen molar-refractivity contribution >= 4 is 11.9 Å². The van der Waals surface area contributed by atoms with Gasteiger partial charge in [0.2, 0.25) is 5.91 Å². The molecule has 5 heteroatoms. The molecule has 2 fully saturated rings. The normalized spacial score (nSPS) is 40.7. The Balaban J connectivity index is 1.72. The Morgan fingerprint density at radius 2 is 2.00 bits per heavy atom. The molecule has 2 bridgehead atoms. The first-order chi connectivity index (χ1) is 10.8. The van der Waals surface area contributed by atoms with Gasteiger partial charge in [0, 0.05) is 6.54 Å². The number of ether oxygens (including phenoxy) is 1. The van der Waals surface area contributed by atoms with E-state index in [2.05, 4.69) is 0 Å². The molecule has 4 atom stereocenters. The van der Waals surface area contributed by atoms with Gasteiger partial charge in [0.15, 0.2) is 0 Å². The summed E-state index contributed by atoms with van der Waals surface area (Å²) in [5.74, 6) is -1.79. The summed E-state index contributed by atoms with van der Waals surface area (Å²) < 4.78 is 6.13. The average Bonchev–Trinajstić information content (AvgIpc) is 3.05. The Bertz CT molecular complexity index is 730. The molecule has 3 aliphatic heterocycles. The number of amides is 1. The number of hydrogen-bond donors (Lipinski definition) is 1. The molecule has 120 valence electrons. The average molecular weight is 313 g/mol. The van der Waals surface area contributed by atoms with Crippen LogP contribution in [0, 0.1) is 11.3 Å². The third kappa shape index (κ3) is 1.60. The highest BCUT2D eigenvalue weighted by molar-refractivity contribution is 5.93. The SMILES string of the molecule is C[C@@]12C=C[C@]3(CN(Cc4ccccc4)C(=O)[C@@H]3[C@]1(C)C(=O)O)O2. The van der Waals surface area contributed by atoms with Gasteiger partial charge in [-0.3, -0.25) is 9.59 Å². The van der Waals surface area contributed by atoms with Crippen LogP contribution in [0.15, 0.2) is 42.5 Å². The fourth-order valence-electron chi connectivity index (χ4n) is 4.44. The van der Waals surface area contributed by atoms with Crippen molar-refractivity contribution in [1.82, 2.24) is 4.90 Å². The van der Waals surface area contributed by atoms with Crippen LogP contribution in [-0.4, -0.2) is 39.6 Å². The number of fused-ring (bicyclic) bond motifs is 1. The summed E-state index contributed by atoms with van der Waals surface area (Å²) in [6.07, 6.45) is 3.71. The van der Waals surface area contributed by atoms with Gasteiger partial charge < -0.3 is 14.7 Å². The lowest BCUT2D eigenvalue weighted by Gasteiger charge is -2.37. The first-order valence-electron chi connectivity index (χ1n) is 7.79. The minimum atomic E-state index is -1.25. The van der Waals surface area contributed by atoms with Crippen molar-refractivity contribution in [2.75, 3.05) is 6.54 Å². The van der Waals surface area contributed by atoms with Crippen molar-refractivity contribution in [3.05, 3.63) is 48.0 Å². The van der Waals surface area contributed by atoms with E-state index in [0.717, 1.165) is 5.56 Å². The fraction of sp³-hybridized carbons (Fsp3) is 0.444. The van der Waals surface area contributed by atoms with Crippen LogP contribution in [0.2, 0.25) is 0 Å². The van der Waals surface area contributed by atoms with Crippen molar-refractivity contribution < 1.29 is 19.4 Å². The smallest absolute Gasteiger partial charge is 0.313 e. The Labute approximate surface area is 134 Å². The van der Waals surface area contributed by atoms with Crippen molar-refractivity contribution in [3.63, 3.8) is 0 Å². The third-order valence-electron chi connectivity index (χ3n) is 5.84. The standard InChI is InChI=1S/C18H19NO4/c1-16-8-9-18(23-16)11-19(10-12-6-4-3-5-7-12)14(20)13(18)17(16,2)15(21)22/h3-9,13H,10-11H2,1-2H3,(H,21,22)/t13-,16-,17-,18-/m1/s1. The minimum Gasteiger partial charge on any atom is -0.481 e. The number of benzene rings is 1. The highest BCUT2D eigenvalue weighted by atomic mass is 16.5. The summed E-state index contributed by atoms with van der Waals surface area (Å²) in [6, 6.07) is 9.72. The van der Waals surface area contributed by atoms with Crippen LogP contribution in [0.4, 0.5) is 0 Å². The molecule has 1 aromatic carbocycles. The van der Waals surface area contributed by atoms with E-state index in [9.17, 15) is 14.7 Å². The van der Waals surface area contributed by atoms with Gasteiger partial charge in [-0.05, 0) is 19.4 Å². The molecule has 0 saturated carbocycles. The zero-order valence-corrected chi connectivity index (χ0v) is 13.2. The van der Waals surface area contributed by atoms with Gasteiger partial charge in [-0.25, -0.2) is 0 Å². The van der Waals surface area contributed by atoms with Gasteiger partial charge in [-0.2, -0.15) is 0 Å². The summed E-state index contributed by atoms with van der Waals surface area (Å²) >= 11 is 0. The number of carboxylic acids is 1. The van der Waals surface area contributed by atoms with E-state index in [4.69, 9.17) is 4.74 Å². The summed E-state index contributed by atoms with van der Waals surface area (Å²) in [4.78, 5) is 26.7. The molecule has 1 aromatic rings. The van der Waals surface area contributed by atoms with E-state index in [1.807, 2.05) is 42.5 Å². The Morgan fingerprint density at radius 1 is 1.30 bits per heavy atom. The summed E-state index contributed by atoms with van der Waals surface area (Å²) in [5, 5.41) is 9.81. The van der Waals surface area contributed by atoms with Gasteiger partial charge in [0.25, 0.3) is 0 Å². The van der Waals surface area contributed by atoms with Gasteiger partial charge in [-0.15, -0.1) is 0 Å². The molecular weight excluding hydrogens is 294 g/mol. The van der Waals surface area contributed by atoms with Gasteiger partial charge >= 0.3 is 5.97 Å². The zero-order valence-electron chi connectivity index (χ0n) is 13.2. The number of likely N-dealkylation sites (tertiary alicyclic amines) is 1. The summed E-state index contributed by atoms with van der Waals surface area (Å²) in [7, 11) is 0. The molecule has 1 N–H and O–H groups in total. The molecular formula is C18H19NO4. The van der Waals surface area contributed by atoms with E-state index in [-0.39, 0.29) is 5.91 Å². The first kappa shape index (κ1) is 14.5. The van der Waals surface area contributed by atoms with Gasteiger partial charge in [0.05, 0.1) is 12.5 Å². The first-order valence-corrected chi connectivity index (χ1v) is 7.79. The topological polar surface area (TPSA) is 66.8 Å². The highest BCUT2D eigenvalue weighted by Crippen LogP contribution is 2.63. The second-order valence-electron chi connectivity index (χ2n) is 7.12. The quantitative estimate of drug-likeness (QED) is 0.865. The lowest BCUT2D eigenvalue weighted by atomic mass is 9.61. The number of nitrogens with zero attached hydrogens (tertiary/aromatic N) is 1. The number of carbonyl (C=O) groups excluding carboxylic acids is 1. The van der Waals surface area contributed by atoms with Crippen molar-refractivity contribution in [3.8, 4) is 0 Å². The number of carboxylic acid groups (broad SMARTS) is 1. The maximum Gasteiger partial charge on any atom is 0.313 e. The van der Waals surface area contributed by atoms with Gasteiger partial charge in [0.1, 0.15) is 16.6 Å². The molecule has 2 saturated heterocycles. The van der Waals surface area contributed by atoms with E-state index in [0.29, 0.717) is 13.1 Å². The van der Waals surface area contributed by atoms with Crippen LogP contribution in [-0.2, 0) is 20.9 Å². The van der Waals surface area contributed by atoms with E-state index in [1.54, 1.807) is 18.7 Å². The second kappa shape index (κ2) is 4.23. The third-order valence-corrected chi connectivity index (χ3v) is 5.84. The molecule has 5 nitrogen and oxygen atoms in total. The van der Waals surface area contributed by atoms with Crippen molar-refractivity contribution in [1.29, 1.82) is 0 Å². The lowest BCUT2D eigenvalue weighted by Crippen LogP contribution is -2.52. The Morgan fingerprint density at radius 3 is 2.65 bits per heavy atom. The molecule has 23 heavy (non-hydrogen) atoms. The highest BCUT2D eigenvalue weighted by Gasteiger charge is 2.77. The van der Waals surface area contributed by atoms with Crippen molar-refractivity contribution in [2.45, 2.75) is 31.6 Å². The fourth-order valence-corrected chi connectivity index (χ4v) is 4.44. The maximum absolute atomic E-state index is 13.0. The molecule has 0 radical (unpaired) electrons. The zero-order chi connectivity index (χ0) is 16.5. The molecule has 0 unspecified atom stereocenters. The largest absolute Gasteiger partial charge is 0.481 e. The van der Waals surface area contributed by atoms with E-state index in [1.165, 1.54) is 0 Å². The predicted molar refractivity (Wildman–Crippen MR) is 82.5 cm³/mol. The number of rotatable bonds is 3. The van der Waals surface area contributed by atoms with Crippen LogP contribution < -0.4 is 0 Å². The molecule has 0 aromatic heterocycles. The van der Waals surface area contributed by atoms with Gasteiger partial charge in [-0.1, -0.05) is 42.5 Å². The molecule has 0 aliphatic carbocycles. The molecule has 3 heterocycles. The molecule has 1 amide bonds. The van der Waals surface area contributed by atoms with Crippen LogP contribution in [0.25, 0.3) is 0 Å².